The van der Waals surface area contributed by atoms with Crippen molar-refractivity contribution in [3.8, 4) is 0 Å². The van der Waals surface area contributed by atoms with Crippen molar-refractivity contribution in [2.75, 3.05) is 18.4 Å². The number of rotatable bonds is 4. The summed E-state index contributed by atoms with van der Waals surface area (Å²) in [6.45, 7) is 5.82. The molecule has 1 fully saturated rings. The minimum absolute atomic E-state index is 0.0562. The van der Waals surface area contributed by atoms with Crippen LogP contribution >= 0.6 is 11.3 Å². The molecule has 0 aromatic carbocycles. The average Bonchev–Trinajstić information content (AvgIpc) is 3.38. The Balaban J connectivity index is 0.00000102. The van der Waals surface area contributed by atoms with Gasteiger partial charge >= 0.3 is 0 Å². The van der Waals surface area contributed by atoms with Crippen LogP contribution in [0.5, 0.6) is 0 Å². The zero-order chi connectivity index (χ0) is 19.2. The van der Waals surface area contributed by atoms with Gasteiger partial charge < -0.3 is 10.2 Å². The van der Waals surface area contributed by atoms with E-state index in [-0.39, 0.29) is 12.5 Å². The summed E-state index contributed by atoms with van der Waals surface area (Å²) in [7, 11) is 0. The number of fused-ring (bicyclic) bond motifs is 1. The van der Waals surface area contributed by atoms with Crippen molar-refractivity contribution >= 4 is 33.4 Å². The summed E-state index contributed by atoms with van der Waals surface area (Å²) < 4.78 is 14.0. The number of carbonyl (C=O) groups is 1. The molecule has 0 saturated carbocycles. The highest BCUT2D eigenvalue weighted by Crippen LogP contribution is 2.25. The average molecular weight is 387 g/mol. The molecule has 4 heterocycles. The number of nitrogens with zero attached hydrogens (tertiary/aromatic N) is 4. The fraction of sp³-hybridized carbons (Fsp3) is 0.368. The van der Waals surface area contributed by atoms with Gasteiger partial charge in [-0.25, -0.2) is 15.0 Å². The molecule has 3 aromatic heterocycles. The largest absolute Gasteiger partial charge is 0.349 e. The Bertz CT molecular complexity index is 923. The van der Waals surface area contributed by atoms with E-state index in [0.717, 1.165) is 36.1 Å². The van der Waals surface area contributed by atoms with Crippen molar-refractivity contribution in [3.05, 3.63) is 47.0 Å². The molecule has 1 saturated heterocycles. The van der Waals surface area contributed by atoms with Crippen LogP contribution < -0.4 is 5.32 Å². The molecule has 0 aliphatic carbocycles. The van der Waals surface area contributed by atoms with Crippen LogP contribution in [0.4, 0.5) is 10.3 Å². The molecule has 27 heavy (non-hydrogen) atoms. The molecule has 0 radical (unpaired) electrons. The lowest BCUT2D eigenvalue weighted by molar-refractivity contribution is 0.0789. The summed E-state index contributed by atoms with van der Waals surface area (Å²) in [6, 6.07) is 6.48. The monoisotopic (exact) mass is 387 g/mol. The molecular formula is C19H22FN5OS. The predicted molar refractivity (Wildman–Crippen MR) is 105 cm³/mol. The summed E-state index contributed by atoms with van der Waals surface area (Å²) in [6.07, 6.45) is 2.06. The summed E-state index contributed by atoms with van der Waals surface area (Å²) in [4.78, 5) is 27.3. The standard InChI is InChI=1S/C17H16FN5OS.C2H6/c18-13-5-3-4-11(20-13)10-19-17-21-12-6-9-25-15(12)14(22-17)16(24)23-7-1-2-8-23;1-2/h3-6,9H,1-2,7-8,10H2,(H,19,21,22);1-2H3. The van der Waals surface area contributed by atoms with Crippen LogP contribution in [0.2, 0.25) is 0 Å². The van der Waals surface area contributed by atoms with E-state index in [1.165, 1.54) is 17.4 Å². The molecule has 0 atom stereocenters. The van der Waals surface area contributed by atoms with Crippen molar-refractivity contribution in [2.24, 2.45) is 0 Å². The quantitative estimate of drug-likeness (QED) is 0.683. The molecule has 142 valence electrons. The maximum Gasteiger partial charge on any atom is 0.274 e. The van der Waals surface area contributed by atoms with Crippen LogP contribution in [-0.2, 0) is 6.54 Å². The van der Waals surface area contributed by atoms with Crippen molar-refractivity contribution in [1.82, 2.24) is 19.9 Å². The van der Waals surface area contributed by atoms with Crippen molar-refractivity contribution in [2.45, 2.75) is 33.2 Å². The second kappa shape index (κ2) is 8.85. The van der Waals surface area contributed by atoms with Gasteiger partial charge in [0.25, 0.3) is 5.91 Å². The Morgan fingerprint density at radius 1 is 1.19 bits per heavy atom. The number of nitrogens with one attached hydrogen (secondary N) is 1. The van der Waals surface area contributed by atoms with Gasteiger partial charge in [0, 0.05) is 13.1 Å². The van der Waals surface area contributed by atoms with E-state index in [1.54, 1.807) is 12.1 Å². The Kier molecular flexibility index (Phi) is 6.28. The second-order valence-corrected chi connectivity index (χ2v) is 6.75. The van der Waals surface area contributed by atoms with Crippen molar-refractivity contribution in [1.29, 1.82) is 0 Å². The van der Waals surface area contributed by atoms with Crippen LogP contribution in [0, 0.1) is 5.95 Å². The van der Waals surface area contributed by atoms with E-state index in [9.17, 15) is 9.18 Å². The van der Waals surface area contributed by atoms with E-state index in [0.29, 0.717) is 17.3 Å². The third-order valence-electron chi connectivity index (χ3n) is 4.10. The number of pyridine rings is 1. The van der Waals surface area contributed by atoms with Crippen molar-refractivity contribution < 1.29 is 9.18 Å². The number of likely N-dealkylation sites (tertiary alicyclic amines) is 1. The SMILES string of the molecule is CC.O=C(c1nc(NCc2cccc(F)n2)nc2ccsc12)N1CCCC1. The highest BCUT2D eigenvalue weighted by molar-refractivity contribution is 7.17. The molecule has 4 rings (SSSR count). The Morgan fingerprint density at radius 2 is 1.96 bits per heavy atom. The second-order valence-electron chi connectivity index (χ2n) is 5.84. The maximum atomic E-state index is 13.2. The van der Waals surface area contributed by atoms with Gasteiger partial charge in [-0.3, -0.25) is 4.79 Å². The van der Waals surface area contributed by atoms with Gasteiger partial charge in [0.2, 0.25) is 11.9 Å². The first-order chi connectivity index (χ1) is 13.2. The molecule has 6 nitrogen and oxygen atoms in total. The highest BCUT2D eigenvalue weighted by Gasteiger charge is 2.24. The number of amides is 1. The van der Waals surface area contributed by atoms with Crippen LogP contribution in [0.1, 0.15) is 42.9 Å². The van der Waals surface area contributed by atoms with E-state index < -0.39 is 5.95 Å². The number of thiophene rings is 1. The minimum atomic E-state index is -0.529. The number of carbonyl (C=O) groups excluding carboxylic acids is 1. The summed E-state index contributed by atoms with van der Waals surface area (Å²) in [5, 5.41) is 4.94. The Labute approximate surface area is 161 Å². The number of hydrogen-bond donors (Lipinski definition) is 1. The van der Waals surface area contributed by atoms with Gasteiger partial charge in [0.15, 0.2) is 5.69 Å². The molecule has 0 spiro atoms. The fourth-order valence-corrected chi connectivity index (χ4v) is 3.69. The number of hydrogen-bond acceptors (Lipinski definition) is 6. The zero-order valence-corrected chi connectivity index (χ0v) is 16.2. The first-order valence-electron chi connectivity index (χ1n) is 9.10. The summed E-state index contributed by atoms with van der Waals surface area (Å²) in [5.74, 6) is -0.239. The van der Waals surface area contributed by atoms with Gasteiger partial charge in [-0.15, -0.1) is 11.3 Å². The van der Waals surface area contributed by atoms with Gasteiger partial charge in [-0.05, 0) is 36.4 Å². The Hall–Kier alpha value is -2.61. The smallest absolute Gasteiger partial charge is 0.274 e. The maximum absolute atomic E-state index is 13.2. The van der Waals surface area contributed by atoms with Crippen LogP contribution in [0.15, 0.2) is 29.6 Å². The van der Waals surface area contributed by atoms with Crippen LogP contribution in [0.25, 0.3) is 10.2 Å². The highest BCUT2D eigenvalue weighted by atomic mass is 32.1. The molecule has 1 amide bonds. The molecule has 3 aromatic rings. The lowest BCUT2D eigenvalue weighted by Gasteiger charge is -2.15. The number of anilines is 1. The zero-order valence-electron chi connectivity index (χ0n) is 15.4. The van der Waals surface area contributed by atoms with Crippen molar-refractivity contribution in [3.63, 3.8) is 0 Å². The number of aromatic nitrogens is 3. The third kappa shape index (κ3) is 4.39. The molecule has 0 bridgehead atoms. The topological polar surface area (TPSA) is 71.0 Å². The minimum Gasteiger partial charge on any atom is -0.349 e. The first kappa shape index (κ1) is 19.2. The third-order valence-corrected chi connectivity index (χ3v) is 5.01. The number of halogens is 1. The molecule has 8 heteroatoms. The summed E-state index contributed by atoms with van der Waals surface area (Å²) in [5.41, 5.74) is 1.70. The van der Waals surface area contributed by atoms with E-state index in [4.69, 9.17) is 0 Å². The van der Waals surface area contributed by atoms with Gasteiger partial charge in [-0.1, -0.05) is 19.9 Å². The van der Waals surface area contributed by atoms with Gasteiger partial charge in [-0.2, -0.15) is 4.39 Å². The Morgan fingerprint density at radius 3 is 2.70 bits per heavy atom. The van der Waals surface area contributed by atoms with Crippen LogP contribution in [0.3, 0.4) is 0 Å². The lowest BCUT2D eigenvalue weighted by atomic mass is 10.3. The molecule has 1 aliphatic heterocycles. The molecular weight excluding hydrogens is 365 g/mol. The van der Waals surface area contributed by atoms with Gasteiger partial charge in [0.1, 0.15) is 0 Å². The molecule has 1 N–H and O–H groups in total. The first-order valence-corrected chi connectivity index (χ1v) is 9.98. The fourth-order valence-electron chi connectivity index (χ4n) is 2.88. The van der Waals surface area contributed by atoms with E-state index in [1.807, 2.05) is 30.2 Å². The normalized spacial score (nSPS) is 13.4. The lowest BCUT2D eigenvalue weighted by Crippen LogP contribution is -2.28. The van der Waals surface area contributed by atoms with E-state index >= 15 is 0 Å². The summed E-state index contributed by atoms with van der Waals surface area (Å²) >= 11 is 1.46. The van der Waals surface area contributed by atoms with Gasteiger partial charge in [0.05, 0.1) is 22.5 Å². The van der Waals surface area contributed by atoms with Crippen LogP contribution in [-0.4, -0.2) is 38.8 Å². The molecule has 1 aliphatic rings. The van der Waals surface area contributed by atoms with E-state index in [2.05, 4.69) is 20.3 Å². The predicted octanol–water partition coefficient (Wildman–Crippen LogP) is 4.10. The molecule has 0 unspecified atom stereocenters.